The van der Waals surface area contributed by atoms with Gasteiger partial charge in [0.05, 0.1) is 37.5 Å². The summed E-state index contributed by atoms with van der Waals surface area (Å²) in [5.74, 6) is 0.429. The number of anilines is 1. The zero-order valence-corrected chi connectivity index (χ0v) is 18.8. The van der Waals surface area contributed by atoms with Gasteiger partial charge in [-0.15, -0.1) is 11.3 Å². The third-order valence-corrected chi connectivity index (χ3v) is 6.28. The molecule has 2 aromatic carbocycles. The lowest BCUT2D eigenvalue weighted by molar-refractivity contribution is -0.115. The lowest BCUT2D eigenvalue weighted by Gasteiger charge is -2.26. The Hall–Kier alpha value is -2.45. The van der Waals surface area contributed by atoms with Gasteiger partial charge < -0.3 is 14.8 Å². The highest BCUT2D eigenvalue weighted by molar-refractivity contribution is 7.13. The molecule has 3 aromatic rings. The number of nitrogens with zero attached hydrogens (tertiary/aromatic N) is 2. The van der Waals surface area contributed by atoms with Gasteiger partial charge in [0.2, 0.25) is 5.91 Å². The van der Waals surface area contributed by atoms with Crippen molar-refractivity contribution in [1.82, 2.24) is 9.88 Å². The highest BCUT2D eigenvalue weighted by Crippen LogP contribution is 2.28. The van der Waals surface area contributed by atoms with Crippen LogP contribution in [0.15, 0.2) is 47.8 Å². The lowest BCUT2D eigenvalue weighted by Crippen LogP contribution is -2.35. The number of hydrogen-bond donors (Lipinski definition) is 1. The molecule has 0 unspecified atom stereocenters. The zero-order chi connectivity index (χ0) is 21.6. The van der Waals surface area contributed by atoms with Gasteiger partial charge >= 0.3 is 0 Å². The number of methoxy groups -OCH3 is 1. The number of rotatable bonds is 7. The molecule has 0 atom stereocenters. The van der Waals surface area contributed by atoms with Gasteiger partial charge in [-0.25, -0.2) is 4.98 Å². The van der Waals surface area contributed by atoms with Gasteiger partial charge in [-0.2, -0.15) is 0 Å². The van der Waals surface area contributed by atoms with Gasteiger partial charge in [0.1, 0.15) is 10.8 Å². The average Bonchev–Trinajstić information content (AvgIpc) is 3.23. The van der Waals surface area contributed by atoms with Gasteiger partial charge in [0, 0.05) is 36.3 Å². The molecule has 1 aliphatic rings. The summed E-state index contributed by atoms with van der Waals surface area (Å²) >= 11 is 7.66. The van der Waals surface area contributed by atoms with Crippen molar-refractivity contribution in [1.29, 1.82) is 0 Å². The van der Waals surface area contributed by atoms with Crippen LogP contribution in [0.4, 0.5) is 5.69 Å². The topological polar surface area (TPSA) is 63.7 Å². The van der Waals surface area contributed by atoms with Crippen molar-refractivity contribution in [2.24, 2.45) is 0 Å². The van der Waals surface area contributed by atoms with Crippen LogP contribution in [0, 0.1) is 0 Å². The molecule has 4 rings (SSSR count). The molecule has 1 N–H and O–H groups in total. The Balaban J connectivity index is 1.34. The number of morpholine rings is 1. The van der Waals surface area contributed by atoms with Gasteiger partial charge in [0.25, 0.3) is 0 Å². The molecule has 2 heterocycles. The normalized spacial score (nSPS) is 14.4. The maximum atomic E-state index is 12.4. The number of amides is 1. The SMILES string of the molecule is COc1ccc(NC(=O)Cc2csc(-c3ccc(CN4CCOCC4)cc3)n2)cc1Cl. The first kappa shape index (κ1) is 21.8. The summed E-state index contributed by atoms with van der Waals surface area (Å²) in [6.07, 6.45) is 0.204. The molecule has 1 aliphatic heterocycles. The number of ether oxygens (including phenoxy) is 2. The van der Waals surface area contributed by atoms with E-state index in [4.69, 9.17) is 21.1 Å². The minimum Gasteiger partial charge on any atom is -0.495 e. The first-order valence-corrected chi connectivity index (χ1v) is 11.3. The maximum Gasteiger partial charge on any atom is 0.230 e. The van der Waals surface area contributed by atoms with E-state index in [0.29, 0.717) is 16.5 Å². The van der Waals surface area contributed by atoms with E-state index in [1.807, 2.05) is 5.38 Å². The predicted molar refractivity (Wildman–Crippen MR) is 124 cm³/mol. The van der Waals surface area contributed by atoms with E-state index in [0.717, 1.165) is 49.1 Å². The Labute approximate surface area is 190 Å². The molecule has 0 saturated carbocycles. The number of carbonyl (C=O) groups is 1. The monoisotopic (exact) mass is 457 g/mol. The minimum absolute atomic E-state index is 0.140. The number of aromatic nitrogens is 1. The lowest BCUT2D eigenvalue weighted by atomic mass is 10.1. The van der Waals surface area contributed by atoms with E-state index in [1.165, 1.54) is 5.56 Å². The fraction of sp³-hybridized carbons (Fsp3) is 0.304. The van der Waals surface area contributed by atoms with Crippen molar-refractivity contribution in [2.75, 3.05) is 38.7 Å². The van der Waals surface area contributed by atoms with E-state index < -0.39 is 0 Å². The van der Waals surface area contributed by atoms with Crippen LogP contribution in [0.25, 0.3) is 10.6 Å². The Morgan fingerprint density at radius 3 is 2.71 bits per heavy atom. The summed E-state index contributed by atoms with van der Waals surface area (Å²) in [6.45, 7) is 4.49. The molecule has 1 aromatic heterocycles. The molecule has 1 fully saturated rings. The third kappa shape index (κ3) is 5.83. The molecule has 31 heavy (non-hydrogen) atoms. The summed E-state index contributed by atoms with van der Waals surface area (Å²) in [4.78, 5) is 19.4. The van der Waals surface area contributed by atoms with E-state index in [-0.39, 0.29) is 12.3 Å². The predicted octanol–water partition coefficient (Wildman–Crippen LogP) is 4.49. The van der Waals surface area contributed by atoms with Crippen molar-refractivity contribution < 1.29 is 14.3 Å². The summed E-state index contributed by atoms with van der Waals surface area (Å²) < 4.78 is 10.5. The first-order valence-electron chi connectivity index (χ1n) is 10.1. The summed E-state index contributed by atoms with van der Waals surface area (Å²) in [5, 5.41) is 6.14. The number of hydrogen-bond acceptors (Lipinski definition) is 6. The number of halogens is 1. The van der Waals surface area contributed by atoms with Crippen LogP contribution >= 0.6 is 22.9 Å². The maximum absolute atomic E-state index is 12.4. The highest BCUT2D eigenvalue weighted by atomic mass is 35.5. The standard InChI is InChI=1S/C23H24ClN3O3S/c1-29-21-7-6-18(12-20(21)24)25-22(28)13-19-15-31-23(26-19)17-4-2-16(3-5-17)14-27-8-10-30-11-9-27/h2-7,12,15H,8-11,13-14H2,1H3,(H,25,28). The van der Waals surface area contributed by atoms with Crippen molar-refractivity contribution in [2.45, 2.75) is 13.0 Å². The van der Waals surface area contributed by atoms with Crippen molar-refractivity contribution in [3.05, 3.63) is 64.1 Å². The van der Waals surface area contributed by atoms with E-state index in [1.54, 1.807) is 36.6 Å². The Kier molecular flexibility index (Phi) is 7.19. The zero-order valence-electron chi connectivity index (χ0n) is 17.3. The van der Waals surface area contributed by atoms with Gasteiger partial charge in [-0.1, -0.05) is 35.9 Å². The van der Waals surface area contributed by atoms with E-state index >= 15 is 0 Å². The molecule has 0 bridgehead atoms. The largest absolute Gasteiger partial charge is 0.495 e. The molecular formula is C23H24ClN3O3S. The van der Waals surface area contributed by atoms with Crippen LogP contribution in [0.1, 0.15) is 11.3 Å². The Morgan fingerprint density at radius 1 is 1.23 bits per heavy atom. The second-order valence-corrected chi connectivity index (χ2v) is 8.57. The van der Waals surface area contributed by atoms with Crippen molar-refractivity contribution in [3.63, 3.8) is 0 Å². The second-order valence-electron chi connectivity index (χ2n) is 7.30. The molecule has 8 heteroatoms. The molecule has 1 saturated heterocycles. The first-order chi connectivity index (χ1) is 15.1. The van der Waals surface area contributed by atoms with Crippen LogP contribution in [-0.4, -0.2) is 49.2 Å². The Bertz CT molecular complexity index is 1030. The Morgan fingerprint density at radius 2 is 2.00 bits per heavy atom. The fourth-order valence-corrected chi connectivity index (χ4v) is 4.49. The molecule has 0 spiro atoms. The van der Waals surface area contributed by atoms with Crippen LogP contribution in [0.5, 0.6) is 5.75 Å². The third-order valence-electron chi connectivity index (χ3n) is 5.04. The molecule has 0 aliphatic carbocycles. The van der Waals surface area contributed by atoms with Gasteiger partial charge in [-0.05, 0) is 23.8 Å². The minimum atomic E-state index is -0.140. The second kappa shape index (κ2) is 10.2. The van der Waals surface area contributed by atoms with Crippen LogP contribution in [-0.2, 0) is 22.5 Å². The fourth-order valence-electron chi connectivity index (χ4n) is 3.40. The highest BCUT2D eigenvalue weighted by Gasteiger charge is 2.13. The summed E-state index contributed by atoms with van der Waals surface area (Å²) in [6, 6.07) is 13.6. The van der Waals surface area contributed by atoms with Gasteiger partial charge in [-0.3, -0.25) is 9.69 Å². The van der Waals surface area contributed by atoms with Crippen LogP contribution < -0.4 is 10.1 Å². The van der Waals surface area contributed by atoms with Crippen molar-refractivity contribution >= 4 is 34.5 Å². The van der Waals surface area contributed by atoms with E-state index in [9.17, 15) is 4.79 Å². The molecule has 6 nitrogen and oxygen atoms in total. The number of carbonyl (C=O) groups excluding carboxylic acids is 1. The molecule has 1 amide bonds. The molecule has 0 radical (unpaired) electrons. The van der Waals surface area contributed by atoms with Crippen LogP contribution in [0.3, 0.4) is 0 Å². The molecular weight excluding hydrogens is 434 g/mol. The summed E-state index contributed by atoms with van der Waals surface area (Å²) in [7, 11) is 1.55. The van der Waals surface area contributed by atoms with E-state index in [2.05, 4.69) is 39.5 Å². The smallest absolute Gasteiger partial charge is 0.230 e. The summed E-state index contributed by atoms with van der Waals surface area (Å²) in [5.41, 5.74) is 3.71. The number of nitrogens with one attached hydrogen (secondary N) is 1. The van der Waals surface area contributed by atoms with Gasteiger partial charge in [0.15, 0.2) is 0 Å². The number of thiazole rings is 1. The van der Waals surface area contributed by atoms with Crippen molar-refractivity contribution in [3.8, 4) is 16.3 Å². The van der Waals surface area contributed by atoms with Crippen LogP contribution in [0.2, 0.25) is 5.02 Å². The number of benzene rings is 2. The molecule has 162 valence electrons. The average molecular weight is 458 g/mol. The quantitative estimate of drug-likeness (QED) is 0.566.